The summed E-state index contributed by atoms with van der Waals surface area (Å²) < 4.78 is 12.8. The molecule has 0 radical (unpaired) electrons. The van der Waals surface area contributed by atoms with Crippen LogP contribution < -0.4 is 0 Å². The van der Waals surface area contributed by atoms with Gasteiger partial charge in [0, 0.05) is 13.1 Å². The average molecular weight is 237 g/mol. The number of halogens is 1. The van der Waals surface area contributed by atoms with Crippen molar-refractivity contribution < 1.29 is 14.3 Å². The summed E-state index contributed by atoms with van der Waals surface area (Å²) in [6.45, 7) is 1.62. The predicted octanol–water partition coefficient (Wildman–Crippen LogP) is 2.09. The minimum atomic E-state index is -0.654. The smallest absolute Gasteiger partial charge is 0.226 e. The van der Waals surface area contributed by atoms with Gasteiger partial charge in [0.2, 0.25) is 5.91 Å². The van der Waals surface area contributed by atoms with E-state index in [0.29, 0.717) is 5.56 Å². The van der Waals surface area contributed by atoms with E-state index in [1.54, 1.807) is 0 Å². The van der Waals surface area contributed by atoms with Crippen LogP contribution in [0.5, 0.6) is 5.75 Å². The molecule has 1 heterocycles. The van der Waals surface area contributed by atoms with Crippen LogP contribution in [0.1, 0.15) is 24.8 Å². The molecule has 0 unspecified atom stereocenters. The number of nitrogens with zero attached hydrogens (tertiary/aromatic N) is 1. The minimum absolute atomic E-state index is 0.0516. The van der Waals surface area contributed by atoms with Crippen molar-refractivity contribution in [3.8, 4) is 5.75 Å². The number of likely N-dealkylation sites (tertiary alicyclic amines) is 1. The van der Waals surface area contributed by atoms with Gasteiger partial charge in [-0.3, -0.25) is 4.79 Å². The molecule has 0 saturated carbocycles. The van der Waals surface area contributed by atoms with Gasteiger partial charge < -0.3 is 10.0 Å². The van der Waals surface area contributed by atoms with Crippen LogP contribution in [0, 0.1) is 5.82 Å². The summed E-state index contributed by atoms with van der Waals surface area (Å²) in [5, 5.41) is 9.22. The predicted molar refractivity (Wildman–Crippen MR) is 62.2 cm³/mol. The first kappa shape index (κ1) is 11.9. The molecule has 1 aromatic rings. The summed E-state index contributed by atoms with van der Waals surface area (Å²) in [6.07, 6.45) is 3.52. The molecule has 0 bridgehead atoms. The van der Waals surface area contributed by atoms with E-state index in [2.05, 4.69) is 0 Å². The number of carbonyl (C=O) groups excluding carboxylic acids is 1. The van der Waals surface area contributed by atoms with Crippen LogP contribution >= 0.6 is 0 Å². The fraction of sp³-hybridized carbons (Fsp3) is 0.462. The van der Waals surface area contributed by atoms with Crippen molar-refractivity contribution in [2.24, 2.45) is 0 Å². The maximum Gasteiger partial charge on any atom is 0.226 e. The second-order valence-corrected chi connectivity index (χ2v) is 4.40. The van der Waals surface area contributed by atoms with E-state index < -0.39 is 11.6 Å². The van der Waals surface area contributed by atoms with Crippen LogP contribution in [0.4, 0.5) is 4.39 Å². The topological polar surface area (TPSA) is 40.5 Å². The van der Waals surface area contributed by atoms with Crippen molar-refractivity contribution in [1.29, 1.82) is 0 Å². The van der Waals surface area contributed by atoms with Crippen molar-refractivity contribution in [2.75, 3.05) is 13.1 Å². The summed E-state index contributed by atoms with van der Waals surface area (Å²) >= 11 is 0. The standard InChI is InChI=1S/C13H16FNO2/c14-11-5-4-10(8-12(11)16)9-13(17)15-6-2-1-3-7-15/h4-5,8,16H,1-3,6-7,9H2. The lowest BCUT2D eigenvalue weighted by molar-refractivity contribution is -0.131. The number of piperidine rings is 1. The zero-order valence-electron chi connectivity index (χ0n) is 9.66. The van der Waals surface area contributed by atoms with E-state index in [0.717, 1.165) is 25.9 Å². The average Bonchev–Trinajstić information content (AvgIpc) is 2.35. The van der Waals surface area contributed by atoms with Gasteiger partial charge in [0.15, 0.2) is 11.6 Å². The number of hydrogen-bond donors (Lipinski definition) is 1. The number of benzene rings is 1. The number of hydrogen-bond acceptors (Lipinski definition) is 2. The van der Waals surface area contributed by atoms with Gasteiger partial charge in [-0.05, 0) is 37.0 Å². The maximum atomic E-state index is 12.8. The number of amides is 1. The van der Waals surface area contributed by atoms with Crippen molar-refractivity contribution in [1.82, 2.24) is 4.90 Å². The SMILES string of the molecule is O=C(Cc1ccc(F)c(O)c1)N1CCCCC1. The molecule has 1 aromatic carbocycles. The third-order valence-corrected chi connectivity index (χ3v) is 3.07. The van der Waals surface area contributed by atoms with Gasteiger partial charge in [-0.2, -0.15) is 0 Å². The van der Waals surface area contributed by atoms with E-state index in [1.165, 1.54) is 24.6 Å². The van der Waals surface area contributed by atoms with Gasteiger partial charge >= 0.3 is 0 Å². The Morgan fingerprint density at radius 1 is 1.29 bits per heavy atom. The van der Waals surface area contributed by atoms with Crippen LogP contribution in [0.15, 0.2) is 18.2 Å². The number of aromatic hydroxyl groups is 1. The van der Waals surface area contributed by atoms with Crippen molar-refractivity contribution in [3.63, 3.8) is 0 Å². The highest BCUT2D eigenvalue weighted by atomic mass is 19.1. The minimum Gasteiger partial charge on any atom is -0.505 e. The Labute approximate surface area is 99.9 Å². The number of phenols is 1. The van der Waals surface area contributed by atoms with E-state index in [9.17, 15) is 14.3 Å². The molecule has 0 aliphatic carbocycles. The second-order valence-electron chi connectivity index (χ2n) is 4.40. The molecule has 1 aliphatic rings. The molecule has 1 N–H and O–H groups in total. The molecule has 2 rings (SSSR count). The summed E-state index contributed by atoms with van der Waals surface area (Å²) in [4.78, 5) is 13.8. The molecule has 92 valence electrons. The highest BCUT2D eigenvalue weighted by Crippen LogP contribution is 2.18. The molecule has 1 amide bonds. The Hall–Kier alpha value is -1.58. The van der Waals surface area contributed by atoms with Gasteiger partial charge in [-0.15, -0.1) is 0 Å². The zero-order chi connectivity index (χ0) is 12.3. The van der Waals surface area contributed by atoms with E-state index in [-0.39, 0.29) is 12.3 Å². The van der Waals surface area contributed by atoms with Crippen LogP contribution in [0.25, 0.3) is 0 Å². The first-order valence-corrected chi connectivity index (χ1v) is 5.92. The maximum absolute atomic E-state index is 12.8. The first-order valence-electron chi connectivity index (χ1n) is 5.92. The normalized spacial score (nSPS) is 15.9. The fourth-order valence-corrected chi connectivity index (χ4v) is 2.10. The van der Waals surface area contributed by atoms with Gasteiger partial charge in [0.1, 0.15) is 0 Å². The second kappa shape index (κ2) is 5.17. The van der Waals surface area contributed by atoms with Gasteiger partial charge in [0.25, 0.3) is 0 Å². The Morgan fingerprint density at radius 2 is 2.00 bits per heavy atom. The van der Waals surface area contributed by atoms with E-state index in [1.807, 2.05) is 4.90 Å². The molecule has 1 aliphatic heterocycles. The van der Waals surface area contributed by atoms with Gasteiger partial charge in [0.05, 0.1) is 6.42 Å². The molecule has 0 aromatic heterocycles. The summed E-state index contributed by atoms with van der Waals surface area (Å²) in [6, 6.07) is 4.04. The summed E-state index contributed by atoms with van der Waals surface area (Å²) in [5.74, 6) is -0.996. The third-order valence-electron chi connectivity index (χ3n) is 3.07. The monoisotopic (exact) mass is 237 g/mol. The Bertz CT molecular complexity index is 414. The largest absolute Gasteiger partial charge is 0.505 e. The lowest BCUT2D eigenvalue weighted by atomic mass is 10.1. The number of carbonyl (C=O) groups is 1. The summed E-state index contributed by atoms with van der Waals surface area (Å²) in [7, 11) is 0. The number of rotatable bonds is 2. The molecular weight excluding hydrogens is 221 g/mol. The molecule has 4 heteroatoms. The quantitative estimate of drug-likeness (QED) is 0.855. The Morgan fingerprint density at radius 3 is 2.65 bits per heavy atom. The van der Waals surface area contributed by atoms with Crippen LogP contribution in [0.2, 0.25) is 0 Å². The first-order chi connectivity index (χ1) is 8.16. The molecule has 1 saturated heterocycles. The highest BCUT2D eigenvalue weighted by Gasteiger charge is 2.16. The lowest BCUT2D eigenvalue weighted by Crippen LogP contribution is -2.36. The molecule has 1 fully saturated rings. The van der Waals surface area contributed by atoms with Crippen LogP contribution in [-0.2, 0) is 11.2 Å². The third kappa shape index (κ3) is 2.96. The molecule has 17 heavy (non-hydrogen) atoms. The lowest BCUT2D eigenvalue weighted by Gasteiger charge is -2.26. The van der Waals surface area contributed by atoms with Gasteiger partial charge in [-0.1, -0.05) is 6.07 Å². The van der Waals surface area contributed by atoms with Crippen molar-refractivity contribution >= 4 is 5.91 Å². The van der Waals surface area contributed by atoms with Crippen molar-refractivity contribution in [2.45, 2.75) is 25.7 Å². The van der Waals surface area contributed by atoms with Crippen molar-refractivity contribution in [3.05, 3.63) is 29.6 Å². The molecule has 0 atom stereocenters. The van der Waals surface area contributed by atoms with Crippen LogP contribution in [0.3, 0.4) is 0 Å². The molecular formula is C13H16FNO2. The zero-order valence-corrected chi connectivity index (χ0v) is 9.66. The molecule has 0 spiro atoms. The fourth-order valence-electron chi connectivity index (χ4n) is 2.10. The van der Waals surface area contributed by atoms with E-state index >= 15 is 0 Å². The van der Waals surface area contributed by atoms with Crippen LogP contribution in [-0.4, -0.2) is 29.0 Å². The number of phenolic OH excluding ortho intramolecular Hbond substituents is 1. The highest BCUT2D eigenvalue weighted by molar-refractivity contribution is 5.79. The van der Waals surface area contributed by atoms with E-state index in [4.69, 9.17) is 0 Å². The Balaban J connectivity index is 1.99. The Kier molecular flexibility index (Phi) is 3.61. The summed E-state index contributed by atoms with van der Waals surface area (Å²) in [5.41, 5.74) is 0.652. The molecule has 3 nitrogen and oxygen atoms in total. The van der Waals surface area contributed by atoms with Gasteiger partial charge in [-0.25, -0.2) is 4.39 Å².